The van der Waals surface area contributed by atoms with Gasteiger partial charge in [-0.2, -0.15) is 5.10 Å². The third kappa shape index (κ3) is 3.02. The first kappa shape index (κ1) is 14.4. The fourth-order valence-corrected chi connectivity index (χ4v) is 2.43. The third-order valence-electron chi connectivity index (χ3n) is 3.59. The molecule has 3 rings (SSSR count). The number of rotatable bonds is 5. The van der Waals surface area contributed by atoms with Crippen molar-refractivity contribution in [1.82, 2.24) is 9.78 Å². The Morgan fingerprint density at radius 1 is 1.05 bits per heavy atom. The fraction of sp³-hybridized carbons (Fsp3) is 0.167. The molecule has 4 heteroatoms. The smallest absolute Gasteiger partial charge is 0.126 e. The molecule has 1 N–H and O–H groups in total. The molecule has 0 saturated heterocycles. The molecule has 0 atom stereocenters. The number of para-hydroxylation sites is 1. The van der Waals surface area contributed by atoms with Crippen LogP contribution in [0.25, 0.3) is 11.1 Å². The second-order valence-electron chi connectivity index (χ2n) is 5.10. The highest BCUT2D eigenvalue weighted by Gasteiger charge is 2.05. The van der Waals surface area contributed by atoms with Crippen molar-refractivity contribution in [3.05, 3.63) is 72.1 Å². The maximum atomic E-state index is 9.06. The lowest BCUT2D eigenvalue weighted by atomic mass is 10.0. The van der Waals surface area contributed by atoms with Crippen LogP contribution in [-0.4, -0.2) is 22.0 Å². The zero-order valence-electron chi connectivity index (χ0n) is 12.4. The zero-order chi connectivity index (χ0) is 15.4. The number of benzene rings is 2. The topological polar surface area (TPSA) is 47.3 Å². The number of ether oxygens (including phenoxy) is 1. The van der Waals surface area contributed by atoms with Crippen LogP contribution in [0.5, 0.6) is 5.75 Å². The molecule has 0 fully saturated rings. The Kier molecular flexibility index (Phi) is 4.21. The van der Waals surface area contributed by atoms with Crippen LogP contribution in [0.3, 0.4) is 0 Å². The average Bonchev–Trinajstić information content (AvgIpc) is 3.03. The summed E-state index contributed by atoms with van der Waals surface area (Å²) in [6, 6.07) is 16.3. The first-order valence-electron chi connectivity index (χ1n) is 7.14. The molecule has 0 amide bonds. The Balaban J connectivity index is 1.80. The van der Waals surface area contributed by atoms with Crippen molar-refractivity contribution >= 4 is 0 Å². The summed E-state index contributed by atoms with van der Waals surface area (Å²) < 4.78 is 7.23. The van der Waals surface area contributed by atoms with Gasteiger partial charge in [0.2, 0.25) is 0 Å². The molecule has 0 saturated carbocycles. The highest BCUT2D eigenvalue weighted by molar-refractivity contribution is 5.70. The monoisotopic (exact) mass is 294 g/mol. The number of aromatic nitrogens is 2. The quantitative estimate of drug-likeness (QED) is 0.786. The van der Waals surface area contributed by atoms with Gasteiger partial charge in [-0.05, 0) is 17.2 Å². The molecule has 112 valence electrons. The van der Waals surface area contributed by atoms with Crippen LogP contribution in [0.2, 0.25) is 0 Å². The maximum Gasteiger partial charge on any atom is 0.126 e. The van der Waals surface area contributed by atoms with Gasteiger partial charge in [-0.25, -0.2) is 0 Å². The molecular formula is C18H18N2O2. The summed E-state index contributed by atoms with van der Waals surface area (Å²) in [4.78, 5) is 0. The van der Waals surface area contributed by atoms with E-state index >= 15 is 0 Å². The van der Waals surface area contributed by atoms with Gasteiger partial charge in [0.1, 0.15) is 5.75 Å². The zero-order valence-corrected chi connectivity index (χ0v) is 12.4. The van der Waals surface area contributed by atoms with Crippen molar-refractivity contribution in [3.8, 4) is 16.9 Å². The molecule has 22 heavy (non-hydrogen) atoms. The molecule has 0 aliphatic carbocycles. The Morgan fingerprint density at radius 3 is 2.50 bits per heavy atom. The second kappa shape index (κ2) is 6.45. The van der Waals surface area contributed by atoms with E-state index in [1.165, 1.54) is 0 Å². The third-order valence-corrected chi connectivity index (χ3v) is 3.59. The van der Waals surface area contributed by atoms with E-state index in [2.05, 4.69) is 35.4 Å². The van der Waals surface area contributed by atoms with Crippen molar-refractivity contribution in [2.24, 2.45) is 0 Å². The number of nitrogens with zero attached hydrogens (tertiary/aromatic N) is 2. The van der Waals surface area contributed by atoms with Crippen molar-refractivity contribution < 1.29 is 9.84 Å². The maximum absolute atomic E-state index is 9.06. The number of hydrogen-bond donors (Lipinski definition) is 1. The van der Waals surface area contributed by atoms with Gasteiger partial charge in [0.25, 0.3) is 0 Å². The summed E-state index contributed by atoms with van der Waals surface area (Å²) in [6.45, 7) is 0.707. The number of hydrogen-bond acceptors (Lipinski definition) is 3. The molecule has 0 unspecified atom stereocenters. The lowest BCUT2D eigenvalue weighted by Gasteiger charge is -2.09. The van der Waals surface area contributed by atoms with Crippen molar-refractivity contribution in [2.45, 2.75) is 13.2 Å². The van der Waals surface area contributed by atoms with Crippen LogP contribution in [0.1, 0.15) is 11.1 Å². The lowest BCUT2D eigenvalue weighted by molar-refractivity contribution is 0.281. The molecule has 2 aromatic carbocycles. The Labute approximate surface area is 129 Å². The minimum Gasteiger partial charge on any atom is -0.496 e. The molecule has 4 nitrogen and oxygen atoms in total. The summed E-state index contributed by atoms with van der Waals surface area (Å²) in [7, 11) is 1.68. The van der Waals surface area contributed by atoms with E-state index in [0.29, 0.717) is 6.54 Å². The largest absolute Gasteiger partial charge is 0.496 e. The van der Waals surface area contributed by atoms with Gasteiger partial charge in [0.05, 0.1) is 26.5 Å². The first-order chi connectivity index (χ1) is 10.8. The SMILES string of the molecule is COc1ccccc1-c1ccc(Cn2cc(CO)cn2)cc1. The molecule has 0 aliphatic heterocycles. The normalized spacial score (nSPS) is 10.6. The molecule has 1 aromatic heterocycles. The predicted molar refractivity (Wildman–Crippen MR) is 85.7 cm³/mol. The molecule has 1 heterocycles. The Morgan fingerprint density at radius 2 is 1.82 bits per heavy atom. The summed E-state index contributed by atoms with van der Waals surface area (Å²) in [6.07, 6.45) is 3.54. The second-order valence-corrected chi connectivity index (χ2v) is 5.10. The fourth-order valence-electron chi connectivity index (χ4n) is 2.43. The van der Waals surface area contributed by atoms with Crippen LogP contribution in [0, 0.1) is 0 Å². The minimum atomic E-state index is 0.0206. The van der Waals surface area contributed by atoms with Gasteiger partial charge in [-0.1, -0.05) is 42.5 Å². The molecule has 0 spiro atoms. The van der Waals surface area contributed by atoms with Crippen LogP contribution in [0.15, 0.2) is 60.9 Å². The van der Waals surface area contributed by atoms with Crippen molar-refractivity contribution in [1.29, 1.82) is 0 Å². The van der Waals surface area contributed by atoms with Gasteiger partial charge in [0, 0.05) is 17.3 Å². The minimum absolute atomic E-state index is 0.0206. The summed E-state index contributed by atoms with van der Waals surface area (Å²) in [5.74, 6) is 0.870. The average molecular weight is 294 g/mol. The first-order valence-corrected chi connectivity index (χ1v) is 7.14. The number of aliphatic hydroxyl groups is 1. The van der Waals surface area contributed by atoms with E-state index in [1.54, 1.807) is 13.3 Å². The highest BCUT2D eigenvalue weighted by atomic mass is 16.5. The van der Waals surface area contributed by atoms with E-state index < -0.39 is 0 Å². The van der Waals surface area contributed by atoms with Crippen LogP contribution < -0.4 is 4.74 Å². The highest BCUT2D eigenvalue weighted by Crippen LogP contribution is 2.29. The Hall–Kier alpha value is -2.59. The van der Waals surface area contributed by atoms with Crippen LogP contribution in [0.4, 0.5) is 0 Å². The van der Waals surface area contributed by atoms with Gasteiger partial charge < -0.3 is 9.84 Å². The lowest BCUT2D eigenvalue weighted by Crippen LogP contribution is -1.99. The van der Waals surface area contributed by atoms with Gasteiger partial charge in [-0.15, -0.1) is 0 Å². The standard InChI is InChI=1S/C18H18N2O2/c1-22-18-5-3-2-4-17(18)16-8-6-14(7-9-16)11-20-12-15(13-21)10-19-20/h2-10,12,21H,11,13H2,1H3. The van der Waals surface area contributed by atoms with Crippen molar-refractivity contribution in [2.75, 3.05) is 7.11 Å². The van der Waals surface area contributed by atoms with Gasteiger partial charge in [-0.3, -0.25) is 4.68 Å². The summed E-state index contributed by atoms with van der Waals surface area (Å²) >= 11 is 0. The van der Waals surface area contributed by atoms with E-state index in [4.69, 9.17) is 9.84 Å². The molecule has 0 radical (unpaired) electrons. The van der Waals surface area contributed by atoms with E-state index in [0.717, 1.165) is 28.0 Å². The van der Waals surface area contributed by atoms with E-state index in [9.17, 15) is 0 Å². The molecule has 0 aliphatic rings. The van der Waals surface area contributed by atoms with Gasteiger partial charge >= 0.3 is 0 Å². The number of aliphatic hydroxyl groups excluding tert-OH is 1. The van der Waals surface area contributed by atoms with E-state index in [1.807, 2.05) is 29.1 Å². The van der Waals surface area contributed by atoms with Crippen LogP contribution >= 0.6 is 0 Å². The molecular weight excluding hydrogens is 276 g/mol. The van der Waals surface area contributed by atoms with E-state index in [-0.39, 0.29) is 6.61 Å². The molecule has 3 aromatic rings. The van der Waals surface area contributed by atoms with Crippen molar-refractivity contribution in [3.63, 3.8) is 0 Å². The predicted octanol–water partition coefficient (Wildman–Crippen LogP) is 3.10. The van der Waals surface area contributed by atoms with Crippen LogP contribution in [-0.2, 0) is 13.2 Å². The summed E-state index contributed by atoms with van der Waals surface area (Å²) in [5, 5.41) is 13.3. The van der Waals surface area contributed by atoms with Gasteiger partial charge in [0.15, 0.2) is 0 Å². The molecule has 0 bridgehead atoms. The number of methoxy groups -OCH3 is 1. The summed E-state index contributed by atoms with van der Waals surface area (Å²) in [5.41, 5.74) is 4.19. The Bertz CT molecular complexity index is 748.